The van der Waals surface area contributed by atoms with Crippen LogP contribution in [0.1, 0.15) is 40.0 Å². The molecule has 0 aliphatic heterocycles. The molecule has 0 bridgehead atoms. The van der Waals surface area contributed by atoms with Crippen molar-refractivity contribution in [2.45, 2.75) is 46.1 Å². The van der Waals surface area contributed by atoms with E-state index in [9.17, 15) is 9.90 Å². The first kappa shape index (κ1) is 14.5. The SMILES string of the molecule is CC(C)(C)CC(O)CNC(=O)CNCC1CC1. The second-order valence-electron chi connectivity index (χ2n) is 6.30. The number of carbonyl (C=O) groups excluding carboxylic acids is 1. The summed E-state index contributed by atoms with van der Waals surface area (Å²) in [5.74, 6) is 0.757. The van der Waals surface area contributed by atoms with E-state index in [4.69, 9.17) is 0 Å². The van der Waals surface area contributed by atoms with E-state index in [0.717, 1.165) is 12.5 Å². The minimum atomic E-state index is -0.456. The Morgan fingerprint density at radius 3 is 2.59 bits per heavy atom. The molecule has 1 saturated carbocycles. The molecular weight excluding hydrogens is 216 g/mol. The Kier molecular flexibility index (Phi) is 5.40. The number of hydrogen-bond acceptors (Lipinski definition) is 3. The number of aliphatic hydroxyl groups excluding tert-OH is 1. The van der Waals surface area contributed by atoms with Crippen LogP contribution in [0.3, 0.4) is 0 Å². The first-order valence-electron chi connectivity index (χ1n) is 6.52. The van der Waals surface area contributed by atoms with E-state index in [2.05, 4.69) is 31.4 Å². The molecule has 0 aromatic carbocycles. The minimum Gasteiger partial charge on any atom is -0.391 e. The molecule has 0 aromatic rings. The second kappa shape index (κ2) is 6.36. The van der Waals surface area contributed by atoms with Crippen molar-refractivity contribution in [1.82, 2.24) is 10.6 Å². The molecule has 1 aliphatic rings. The molecular formula is C13H26N2O2. The Morgan fingerprint density at radius 2 is 2.06 bits per heavy atom. The maximum atomic E-state index is 11.4. The van der Waals surface area contributed by atoms with Gasteiger partial charge >= 0.3 is 0 Å². The van der Waals surface area contributed by atoms with E-state index in [1.807, 2.05) is 0 Å². The molecule has 3 N–H and O–H groups in total. The summed E-state index contributed by atoms with van der Waals surface area (Å²) in [4.78, 5) is 11.4. The van der Waals surface area contributed by atoms with Crippen LogP contribution in [0.5, 0.6) is 0 Å². The van der Waals surface area contributed by atoms with Gasteiger partial charge in [-0.25, -0.2) is 0 Å². The zero-order valence-electron chi connectivity index (χ0n) is 11.3. The van der Waals surface area contributed by atoms with E-state index >= 15 is 0 Å². The van der Waals surface area contributed by atoms with Crippen LogP contribution in [-0.2, 0) is 4.79 Å². The topological polar surface area (TPSA) is 61.4 Å². The van der Waals surface area contributed by atoms with Crippen LogP contribution in [-0.4, -0.2) is 36.8 Å². The van der Waals surface area contributed by atoms with Gasteiger partial charge in [0.05, 0.1) is 12.6 Å². The first-order valence-corrected chi connectivity index (χ1v) is 6.52. The van der Waals surface area contributed by atoms with E-state index < -0.39 is 6.10 Å². The first-order chi connectivity index (χ1) is 7.87. The summed E-state index contributed by atoms with van der Waals surface area (Å²) < 4.78 is 0. The summed E-state index contributed by atoms with van der Waals surface area (Å²) in [6, 6.07) is 0. The second-order valence-corrected chi connectivity index (χ2v) is 6.30. The molecule has 0 aromatic heterocycles. The number of aliphatic hydroxyl groups is 1. The molecule has 17 heavy (non-hydrogen) atoms. The van der Waals surface area contributed by atoms with Gasteiger partial charge in [-0.2, -0.15) is 0 Å². The van der Waals surface area contributed by atoms with Gasteiger partial charge in [0.25, 0.3) is 0 Å². The van der Waals surface area contributed by atoms with Crippen LogP contribution >= 0.6 is 0 Å². The fraction of sp³-hybridized carbons (Fsp3) is 0.923. The van der Waals surface area contributed by atoms with E-state index in [-0.39, 0.29) is 11.3 Å². The highest BCUT2D eigenvalue weighted by Gasteiger charge is 2.21. The molecule has 1 amide bonds. The molecule has 4 nitrogen and oxygen atoms in total. The van der Waals surface area contributed by atoms with Gasteiger partial charge in [0.15, 0.2) is 0 Å². The van der Waals surface area contributed by atoms with Crippen LogP contribution in [0, 0.1) is 11.3 Å². The molecule has 0 heterocycles. The predicted molar refractivity (Wildman–Crippen MR) is 68.7 cm³/mol. The van der Waals surface area contributed by atoms with Gasteiger partial charge in [0.1, 0.15) is 0 Å². The Morgan fingerprint density at radius 1 is 1.41 bits per heavy atom. The van der Waals surface area contributed by atoms with Crippen molar-refractivity contribution in [1.29, 1.82) is 0 Å². The quantitative estimate of drug-likeness (QED) is 0.621. The molecule has 1 aliphatic carbocycles. The van der Waals surface area contributed by atoms with Gasteiger partial charge < -0.3 is 15.7 Å². The highest BCUT2D eigenvalue weighted by Crippen LogP contribution is 2.27. The van der Waals surface area contributed by atoms with Crippen molar-refractivity contribution in [2.24, 2.45) is 11.3 Å². The van der Waals surface area contributed by atoms with Crippen LogP contribution in [0.25, 0.3) is 0 Å². The summed E-state index contributed by atoms with van der Waals surface area (Å²) >= 11 is 0. The van der Waals surface area contributed by atoms with Gasteiger partial charge in [-0.05, 0) is 37.1 Å². The third-order valence-electron chi connectivity index (χ3n) is 2.80. The smallest absolute Gasteiger partial charge is 0.234 e. The lowest BCUT2D eigenvalue weighted by Gasteiger charge is -2.22. The summed E-state index contributed by atoms with van der Waals surface area (Å²) in [6.07, 6.45) is 2.82. The average Bonchev–Trinajstić information content (AvgIpc) is 2.96. The zero-order chi connectivity index (χ0) is 12.9. The Bertz CT molecular complexity index is 244. The van der Waals surface area contributed by atoms with Gasteiger partial charge in [0, 0.05) is 6.54 Å². The highest BCUT2D eigenvalue weighted by atomic mass is 16.3. The van der Waals surface area contributed by atoms with E-state index in [1.54, 1.807) is 0 Å². The lowest BCUT2D eigenvalue weighted by atomic mass is 9.89. The highest BCUT2D eigenvalue weighted by molar-refractivity contribution is 5.77. The summed E-state index contributed by atoms with van der Waals surface area (Å²) in [5.41, 5.74) is 0.0916. The van der Waals surface area contributed by atoms with E-state index in [0.29, 0.717) is 19.5 Å². The molecule has 1 atom stereocenters. The number of rotatable bonds is 7. The lowest BCUT2D eigenvalue weighted by molar-refractivity contribution is -0.120. The van der Waals surface area contributed by atoms with Crippen LogP contribution in [0.2, 0.25) is 0 Å². The fourth-order valence-corrected chi connectivity index (χ4v) is 1.78. The van der Waals surface area contributed by atoms with Crippen molar-refractivity contribution in [3.63, 3.8) is 0 Å². The monoisotopic (exact) mass is 242 g/mol. The summed E-state index contributed by atoms with van der Waals surface area (Å²) in [6.45, 7) is 7.89. The number of hydrogen-bond donors (Lipinski definition) is 3. The zero-order valence-corrected chi connectivity index (χ0v) is 11.3. The Balaban J connectivity index is 2.01. The van der Waals surface area contributed by atoms with Gasteiger partial charge in [-0.1, -0.05) is 20.8 Å². The molecule has 1 unspecified atom stereocenters. The van der Waals surface area contributed by atoms with Crippen LogP contribution < -0.4 is 10.6 Å². The largest absolute Gasteiger partial charge is 0.391 e. The van der Waals surface area contributed by atoms with Crippen LogP contribution in [0.15, 0.2) is 0 Å². The van der Waals surface area contributed by atoms with Crippen molar-refractivity contribution < 1.29 is 9.90 Å². The lowest BCUT2D eigenvalue weighted by Crippen LogP contribution is -2.39. The maximum Gasteiger partial charge on any atom is 0.234 e. The van der Waals surface area contributed by atoms with Gasteiger partial charge in [0.2, 0.25) is 5.91 Å². The Labute approximate surface area is 104 Å². The van der Waals surface area contributed by atoms with Crippen molar-refractivity contribution in [2.75, 3.05) is 19.6 Å². The minimum absolute atomic E-state index is 0.0291. The van der Waals surface area contributed by atoms with Crippen molar-refractivity contribution in [3.05, 3.63) is 0 Å². The number of nitrogens with one attached hydrogen (secondary N) is 2. The van der Waals surface area contributed by atoms with Crippen molar-refractivity contribution >= 4 is 5.91 Å². The van der Waals surface area contributed by atoms with Crippen molar-refractivity contribution in [3.8, 4) is 0 Å². The normalized spacial score (nSPS) is 17.9. The van der Waals surface area contributed by atoms with Gasteiger partial charge in [-0.3, -0.25) is 4.79 Å². The summed E-state index contributed by atoms with van der Waals surface area (Å²) in [5, 5.41) is 15.6. The third kappa shape index (κ3) is 8.16. The predicted octanol–water partition coefficient (Wildman–Crippen LogP) is 0.899. The Hall–Kier alpha value is -0.610. The van der Waals surface area contributed by atoms with Crippen LogP contribution in [0.4, 0.5) is 0 Å². The molecule has 1 fully saturated rings. The average molecular weight is 242 g/mol. The number of amides is 1. The molecule has 0 saturated heterocycles. The standard InChI is InChI=1S/C13H26N2O2/c1-13(2,3)6-11(16)8-15-12(17)9-14-7-10-4-5-10/h10-11,14,16H,4-9H2,1-3H3,(H,15,17). The summed E-state index contributed by atoms with van der Waals surface area (Å²) in [7, 11) is 0. The van der Waals surface area contributed by atoms with E-state index in [1.165, 1.54) is 12.8 Å². The molecule has 1 rings (SSSR count). The molecule has 4 heteroatoms. The molecule has 0 radical (unpaired) electrons. The molecule has 0 spiro atoms. The number of carbonyl (C=O) groups is 1. The third-order valence-corrected chi connectivity index (χ3v) is 2.80. The van der Waals surface area contributed by atoms with Gasteiger partial charge in [-0.15, -0.1) is 0 Å². The molecule has 100 valence electrons. The maximum absolute atomic E-state index is 11.4. The fourth-order valence-electron chi connectivity index (χ4n) is 1.78.